The molecular weight excluding hydrogens is 487 g/mol. The molecule has 198 valence electrons. The van der Waals surface area contributed by atoms with Gasteiger partial charge in [-0.3, -0.25) is 5.10 Å². The molecule has 0 bridgehead atoms. The van der Waals surface area contributed by atoms with Crippen LogP contribution in [0.3, 0.4) is 0 Å². The molecule has 7 heteroatoms. The van der Waals surface area contributed by atoms with E-state index in [1.165, 1.54) is 37.1 Å². The molecule has 0 unspecified atom stereocenters. The second kappa shape index (κ2) is 10.4. The van der Waals surface area contributed by atoms with Gasteiger partial charge in [0, 0.05) is 23.5 Å². The molecule has 3 aromatic heterocycles. The van der Waals surface area contributed by atoms with Gasteiger partial charge in [0.15, 0.2) is 0 Å². The molecule has 3 N–H and O–H groups in total. The summed E-state index contributed by atoms with van der Waals surface area (Å²) in [6.07, 6.45) is 9.60. The highest BCUT2D eigenvalue weighted by Gasteiger charge is 2.17. The van der Waals surface area contributed by atoms with Gasteiger partial charge in [-0.15, -0.1) is 0 Å². The number of hydrogen-bond donors (Lipinski definition) is 3. The summed E-state index contributed by atoms with van der Waals surface area (Å²) in [4.78, 5) is 10.6. The summed E-state index contributed by atoms with van der Waals surface area (Å²) in [5.74, 6) is -0.192. The third-order valence-corrected chi connectivity index (χ3v) is 8.19. The zero-order valence-electron chi connectivity index (χ0n) is 22.1. The third-order valence-electron chi connectivity index (χ3n) is 8.19. The first-order chi connectivity index (χ1) is 19.2. The minimum atomic E-state index is -0.192. The first-order valence-corrected chi connectivity index (χ1v) is 14.1. The number of likely N-dealkylation sites (tertiary alicyclic amines) is 1. The van der Waals surface area contributed by atoms with Crippen molar-refractivity contribution in [3.63, 3.8) is 0 Å². The lowest BCUT2D eigenvalue weighted by Gasteiger charge is -2.14. The number of nitrogens with one attached hydrogen (secondary N) is 3. The number of nitrogens with zero attached hydrogens (tertiary/aromatic N) is 3. The minimum absolute atomic E-state index is 0.192. The van der Waals surface area contributed by atoms with Crippen LogP contribution in [-0.2, 0) is 6.42 Å². The van der Waals surface area contributed by atoms with Crippen LogP contribution in [0.5, 0.6) is 0 Å². The molecule has 2 aliphatic heterocycles. The zero-order chi connectivity index (χ0) is 26.2. The molecule has 0 saturated carbocycles. The molecule has 1 saturated heterocycles. The van der Waals surface area contributed by atoms with Crippen LogP contribution in [0.1, 0.15) is 36.8 Å². The van der Waals surface area contributed by atoms with Gasteiger partial charge in [-0.2, -0.15) is 5.10 Å². The van der Waals surface area contributed by atoms with Gasteiger partial charge in [0.05, 0.1) is 11.2 Å². The summed E-state index contributed by atoms with van der Waals surface area (Å²) < 4.78 is 14.8. The van der Waals surface area contributed by atoms with E-state index in [0.717, 1.165) is 88.9 Å². The number of fused-ring (bicyclic) bond motifs is 2. The molecule has 0 radical (unpaired) electrons. The summed E-state index contributed by atoms with van der Waals surface area (Å²) in [7, 11) is 0. The summed E-state index contributed by atoms with van der Waals surface area (Å²) >= 11 is 0. The highest BCUT2D eigenvalue weighted by atomic mass is 19.1. The number of rotatable bonds is 7. The first-order valence-electron chi connectivity index (χ1n) is 14.1. The third kappa shape index (κ3) is 4.88. The number of aromatic amines is 2. The molecule has 0 spiro atoms. The van der Waals surface area contributed by atoms with E-state index in [9.17, 15) is 4.39 Å². The predicted octanol–water partition coefficient (Wildman–Crippen LogP) is 6.32. The minimum Gasteiger partial charge on any atom is -0.338 e. The van der Waals surface area contributed by atoms with Crippen LogP contribution in [0.25, 0.3) is 50.0 Å². The lowest BCUT2D eigenvalue weighted by molar-refractivity contribution is 0.334. The molecule has 2 aliphatic rings. The van der Waals surface area contributed by atoms with E-state index in [0.29, 0.717) is 0 Å². The second-order valence-electron chi connectivity index (χ2n) is 10.8. The van der Waals surface area contributed by atoms with Gasteiger partial charge in [0.25, 0.3) is 0 Å². The van der Waals surface area contributed by atoms with Crippen molar-refractivity contribution >= 4 is 27.5 Å². The van der Waals surface area contributed by atoms with Gasteiger partial charge in [-0.05, 0) is 123 Å². The molecule has 2 aromatic carbocycles. The SMILES string of the molecule is Fc1cc(CCCN2CCCC2)cc(-c2ccnc3[nH]c(-c4n[nH]c5ccc(C6=CCNCC6)cc45)cc23)c1. The predicted molar refractivity (Wildman–Crippen MR) is 156 cm³/mol. The quantitative estimate of drug-likeness (QED) is 0.235. The fourth-order valence-electron chi connectivity index (χ4n) is 6.17. The van der Waals surface area contributed by atoms with Gasteiger partial charge in [-0.25, -0.2) is 9.37 Å². The number of H-pyrrole nitrogens is 2. The highest BCUT2D eigenvalue weighted by molar-refractivity contribution is 6.00. The van der Waals surface area contributed by atoms with E-state index >= 15 is 0 Å². The van der Waals surface area contributed by atoms with E-state index in [2.05, 4.69) is 66.8 Å². The topological polar surface area (TPSA) is 72.6 Å². The average molecular weight is 521 g/mol. The lowest BCUT2D eigenvalue weighted by Crippen LogP contribution is -2.20. The molecule has 1 fully saturated rings. The van der Waals surface area contributed by atoms with Crippen LogP contribution in [0.15, 0.2) is 60.8 Å². The Morgan fingerprint density at radius 3 is 2.74 bits per heavy atom. The van der Waals surface area contributed by atoms with Crippen molar-refractivity contribution in [1.29, 1.82) is 0 Å². The summed E-state index contributed by atoms with van der Waals surface area (Å²) in [6, 6.07) is 16.0. The number of aromatic nitrogens is 4. The van der Waals surface area contributed by atoms with Crippen molar-refractivity contribution in [2.75, 3.05) is 32.7 Å². The highest BCUT2D eigenvalue weighted by Crippen LogP contribution is 2.35. The van der Waals surface area contributed by atoms with Crippen LogP contribution in [0.2, 0.25) is 0 Å². The van der Waals surface area contributed by atoms with Crippen molar-refractivity contribution in [3.05, 3.63) is 77.7 Å². The van der Waals surface area contributed by atoms with Crippen LogP contribution >= 0.6 is 0 Å². The Bertz CT molecular complexity index is 1670. The maximum absolute atomic E-state index is 14.8. The summed E-state index contributed by atoms with van der Waals surface area (Å²) in [6.45, 7) is 5.38. The van der Waals surface area contributed by atoms with Crippen molar-refractivity contribution in [2.45, 2.75) is 32.1 Å². The Balaban J connectivity index is 1.22. The van der Waals surface area contributed by atoms with Crippen LogP contribution in [0, 0.1) is 5.82 Å². The van der Waals surface area contributed by atoms with Gasteiger partial charge in [-0.1, -0.05) is 18.2 Å². The molecule has 0 aliphatic carbocycles. The standard InChI is InChI=1S/C32H33FN6/c33-25-17-21(4-3-15-39-13-1-2-14-39)16-24(18-25)26-9-12-35-32-27(26)20-30(36-32)31-28-19-23(5-6-29(28)37-38-31)22-7-10-34-11-8-22/h5-7,9,12,16-20,34H,1-4,8,10-11,13-15H2,(H,35,36)(H,37,38). The molecule has 39 heavy (non-hydrogen) atoms. The lowest BCUT2D eigenvalue weighted by atomic mass is 9.98. The number of aryl methyl sites for hydroxylation is 1. The Morgan fingerprint density at radius 1 is 0.949 bits per heavy atom. The normalized spacial score (nSPS) is 16.4. The van der Waals surface area contributed by atoms with Gasteiger partial charge in [0.1, 0.15) is 17.2 Å². The Morgan fingerprint density at radius 2 is 1.87 bits per heavy atom. The number of benzene rings is 2. The van der Waals surface area contributed by atoms with E-state index in [1.807, 2.05) is 6.07 Å². The van der Waals surface area contributed by atoms with Gasteiger partial charge in [0.2, 0.25) is 0 Å². The molecule has 0 atom stereocenters. The maximum Gasteiger partial charge on any atom is 0.138 e. The summed E-state index contributed by atoms with van der Waals surface area (Å²) in [5.41, 5.74) is 9.04. The van der Waals surface area contributed by atoms with Crippen LogP contribution < -0.4 is 5.32 Å². The first kappa shape index (κ1) is 24.2. The average Bonchev–Trinajstić information content (AvgIpc) is 3.72. The molecular formula is C32H33FN6. The van der Waals surface area contributed by atoms with E-state index in [-0.39, 0.29) is 5.82 Å². The van der Waals surface area contributed by atoms with E-state index in [1.54, 1.807) is 18.3 Å². The monoisotopic (exact) mass is 520 g/mol. The Kier molecular flexibility index (Phi) is 6.46. The fourth-order valence-corrected chi connectivity index (χ4v) is 6.17. The van der Waals surface area contributed by atoms with Crippen LogP contribution in [-0.4, -0.2) is 57.8 Å². The van der Waals surface area contributed by atoms with Crippen molar-refractivity contribution in [2.24, 2.45) is 0 Å². The Labute approximate surface area is 227 Å². The molecule has 5 heterocycles. The number of hydrogen-bond acceptors (Lipinski definition) is 4. The van der Waals surface area contributed by atoms with Crippen LogP contribution in [0.4, 0.5) is 4.39 Å². The molecule has 0 amide bonds. The zero-order valence-corrected chi connectivity index (χ0v) is 22.1. The van der Waals surface area contributed by atoms with Crippen molar-refractivity contribution in [3.8, 4) is 22.5 Å². The van der Waals surface area contributed by atoms with Gasteiger partial charge < -0.3 is 15.2 Å². The smallest absolute Gasteiger partial charge is 0.138 e. The second-order valence-corrected chi connectivity index (χ2v) is 10.8. The van der Waals surface area contributed by atoms with E-state index in [4.69, 9.17) is 0 Å². The van der Waals surface area contributed by atoms with Crippen molar-refractivity contribution < 1.29 is 4.39 Å². The Hall–Kier alpha value is -3.81. The maximum atomic E-state index is 14.8. The largest absolute Gasteiger partial charge is 0.338 e. The molecule has 7 rings (SSSR count). The number of pyridine rings is 1. The van der Waals surface area contributed by atoms with Gasteiger partial charge >= 0.3 is 0 Å². The molecule has 6 nitrogen and oxygen atoms in total. The summed E-state index contributed by atoms with van der Waals surface area (Å²) in [5, 5.41) is 13.3. The number of halogens is 1. The van der Waals surface area contributed by atoms with Crippen molar-refractivity contribution in [1.82, 2.24) is 30.4 Å². The molecule has 5 aromatic rings. The fraction of sp³-hybridized carbons (Fsp3) is 0.312. The van der Waals surface area contributed by atoms with E-state index < -0.39 is 0 Å².